The summed E-state index contributed by atoms with van der Waals surface area (Å²) in [6, 6.07) is 15.7. The van der Waals surface area contributed by atoms with Gasteiger partial charge in [0.25, 0.3) is 11.7 Å². The molecule has 7 heteroatoms. The van der Waals surface area contributed by atoms with E-state index < -0.39 is 17.7 Å². The number of Topliss-reactive ketones (excluding diaryl/α,β-unsaturated/α-hetero) is 1. The summed E-state index contributed by atoms with van der Waals surface area (Å²) in [6.07, 6.45) is 0. The fourth-order valence-electron chi connectivity index (χ4n) is 4.04. The topological polar surface area (TPSA) is 87.1 Å². The van der Waals surface area contributed by atoms with Gasteiger partial charge < -0.3 is 14.9 Å². The highest BCUT2D eigenvalue weighted by Gasteiger charge is 2.47. The highest BCUT2D eigenvalue weighted by Crippen LogP contribution is 2.44. The number of carbonyl (C=O) groups excluding carboxylic acids is 2. The minimum absolute atomic E-state index is 0.0707. The second-order valence-electron chi connectivity index (χ2n) is 8.11. The molecule has 1 unspecified atom stereocenters. The molecule has 1 amide bonds. The number of ether oxygens (including phenoxy) is 1. The Morgan fingerprint density at radius 1 is 1.03 bits per heavy atom. The smallest absolute Gasteiger partial charge is 0.300 e. The van der Waals surface area contributed by atoms with Crippen LogP contribution in [0.2, 0.25) is 5.02 Å². The summed E-state index contributed by atoms with van der Waals surface area (Å²) in [5.41, 5.74) is 3.26. The lowest BCUT2D eigenvalue weighted by Crippen LogP contribution is -2.29. The maximum absolute atomic E-state index is 13.3. The number of aryl methyl sites for hydroxylation is 2. The number of aliphatic hydroxyl groups excluding tert-OH is 1. The predicted octanol–water partition coefficient (Wildman–Crippen LogP) is 5.69. The number of phenols is 1. The van der Waals surface area contributed by atoms with Crippen LogP contribution in [0, 0.1) is 13.8 Å². The molecule has 4 rings (SSSR count). The molecule has 34 heavy (non-hydrogen) atoms. The Morgan fingerprint density at radius 2 is 1.79 bits per heavy atom. The van der Waals surface area contributed by atoms with E-state index in [2.05, 4.69) is 0 Å². The quantitative estimate of drug-likeness (QED) is 0.280. The molecule has 1 heterocycles. The normalized spacial score (nSPS) is 17.3. The van der Waals surface area contributed by atoms with Crippen molar-refractivity contribution in [1.29, 1.82) is 0 Å². The Balaban J connectivity index is 1.95. The van der Waals surface area contributed by atoms with Gasteiger partial charge in [-0.3, -0.25) is 14.5 Å². The number of hydrogen-bond donors (Lipinski definition) is 2. The maximum atomic E-state index is 13.3. The second-order valence-corrected chi connectivity index (χ2v) is 8.52. The van der Waals surface area contributed by atoms with Crippen molar-refractivity contribution in [3.05, 3.63) is 93.5 Å². The number of ketones is 1. The lowest BCUT2D eigenvalue weighted by atomic mass is 9.94. The average molecular weight is 478 g/mol. The molecule has 0 aliphatic carbocycles. The Kier molecular flexibility index (Phi) is 6.35. The first-order chi connectivity index (χ1) is 16.2. The molecule has 3 aromatic rings. The highest BCUT2D eigenvalue weighted by atomic mass is 35.5. The molecule has 0 spiro atoms. The molecule has 1 atom stereocenters. The first kappa shape index (κ1) is 23.4. The van der Waals surface area contributed by atoms with Gasteiger partial charge in [0.2, 0.25) is 0 Å². The van der Waals surface area contributed by atoms with E-state index in [0.717, 1.165) is 11.1 Å². The molecule has 1 fully saturated rings. The largest absolute Gasteiger partial charge is 0.507 e. The van der Waals surface area contributed by atoms with Gasteiger partial charge in [0.05, 0.1) is 23.2 Å². The summed E-state index contributed by atoms with van der Waals surface area (Å²) in [5, 5.41) is 21.3. The number of aliphatic hydroxyl groups is 1. The van der Waals surface area contributed by atoms with Crippen LogP contribution in [0.5, 0.6) is 11.5 Å². The Labute approximate surface area is 202 Å². The lowest BCUT2D eigenvalue weighted by Gasteiger charge is -2.26. The molecular formula is C27H24ClNO5. The van der Waals surface area contributed by atoms with E-state index in [-0.39, 0.29) is 22.1 Å². The van der Waals surface area contributed by atoms with Crippen molar-refractivity contribution < 1.29 is 24.5 Å². The van der Waals surface area contributed by atoms with E-state index in [1.165, 1.54) is 17.0 Å². The molecule has 174 valence electrons. The lowest BCUT2D eigenvalue weighted by molar-refractivity contribution is -0.132. The van der Waals surface area contributed by atoms with Gasteiger partial charge in [-0.25, -0.2) is 0 Å². The SMILES string of the molecule is CCOc1cccc(/C(O)=C2\C(=O)C(=O)N(c3ccc(C)c(C)c3)C2c2ccc(O)c(Cl)c2)c1. The number of anilines is 1. The number of nitrogens with zero attached hydrogens (tertiary/aromatic N) is 1. The van der Waals surface area contributed by atoms with Crippen LogP contribution in [-0.4, -0.2) is 28.5 Å². The second kappa shape index (κ2) is 9.23. The summed E-state index contributed by atoms with van der Waals surface area (Å²) in [6.45, 7) is 6.15. The highest BCUT2D eigenvalue weighted by molar-refractivity contribution is 6.51. The van der Waals surface area contributed by atoms with Gasteiger partial charge in [0.15, 0.2) is 0 Å². The predicted molar refractivity (Wildman–Crippen MR) is 131 cm³/mol. The van der Waals surface area contributed by atoms with E-state index in [9.17, 15) is 19.8 Å². The average Bonchev–Trinajstić information content (AvgIpc) is 3.08. The van der Waals surface area contributed by atoms with Crippen LogP contribution < -0.4 is 9.64 Å². The van der Waals surface area contributed by atoms with Crippen molar-refractivity contribution in [2.24, 2.45) is 0 Å². The van der Waals surface area contributed by atoms with Gasteiger partial charge in [-0.05, 0) is 73.9 Å². The van der Waals surface area contributed by atoms with Gasteiger partial charge in [0.1, 0.15) is 17.3 Å². The van der Waals surface area contributed by atoms with E-state index in [0.29, 0.717) is 29.2 Å². The first-order valence-corrected chi connectivity index (χ1v) is 11.2. The number of benzene rings is 3. The van der Waals surface area contributed by atoms with E-state index in [4.69, 9.17) is 16.3 Å². The van der Waals surface area contributed by atoms with Gasteiger partial charge in [-0.15, -0.1) is 0 Å². The number of halogens is 1. The molecule has 0 saturated carbocycles. The van der Waals surface area contributed by atoms with Gasteiger partial charge in [0, 0.05) is 11.3 Å². The van der Waals surface area contributed by atoms with Crippen molar-refractivity contribution in [1.82, 2.24) is 0 Å². The van der Waals surface area contributed by atoms with E-state index in [1.807, 2.05) is 32.9 Å². The van der Waals surface area contributed by atoms with Crippen LogP contribution in [0.15, 0.2) is 66.2 Å². The summed E-state index contributed by atoms with van der Waals surface area (Å²) < 4.78 is 5.52. The third kappa shape index (κ3) is 4.13. The number of phenolic OH excluding ortho intramolecular Hbond substituents is 1. The minimum Gasteiger partial charge on any atom is -0.507 e. The molecule has 6 nitrogen and oxygen atoms in total. The van der Waals surface area contributed by atoms with Crippen molar-refractivity contribution in [2.45, 2.75) is 26.8 Å². The number of rotatable bonds is 5. The summed E-state index contributed by atoms with van der Waals surface area (Å²) in [5.74, 6) is -1.50. The Bertz CT molecular complexity index is 1330. The first-order valence-electron chi connectivity index (χ1n) is 10.8. The fourth-order valence-corrected chi connectivity index (χ4v) is 4.23. The monoisotopic (exact) mass is 477 g/mol. The Morgan fingerprint density at radius 3 is 2.47 bits per heavy atom. The van der Waals surface area contributed by atoms with Crippen LogP contribution in [0.1, 0.15) is 35.2 Å². The standard InChI is InChI=1S/C27H24ClNO5/c1-4-34-20-7-5-6-18(13-20)25(31)23-24(17-9-11-22(30)21(28)14-17)29(27(33)26(23)32)19-10-8-15(2)16(3)12-19/h5-14,24,30-31H,4H2,1-3H3/b25-23+. The summed E-state index contributed by atoms with van der Waals surface area (Å²) >= 11 is 6.17. The molecule has 1 aliphatic heterocycles. The summed E-state index contributed by atoms with van der Waals surface area (Å²) in [7, 11) is 0. The summed E-state index contributed by atoms with van der Waals surface area (Å²) in [4.78, 5) is 27.9. The van der Waals surface area contributed by atoms with Crippen molar-refractivity contribution in [3.63, 3.8) is 0 Å². The zero-order valence-electron chi connectivity index (χ0n) is 19.0. The Hall–Kier alpha value is -3.77. The third-order valence-corrected chi connectivity index (χ3v) is 6.22. The van der Waals surface area contributed by atoms with Crippen molar-refractivity contribution in [2.75, 3.05) is 11.5 Å². The van der Waals surface area contributed by atoms with Crippen LogP contribution in [-0.2, 0) is 9.59 Å². The van der Waals surface area contributed by atoms with Crippen molar-refractivity contribution >= 4 is 34.7 Å². The van der Waals surface area contributed by atoms with E-state index >= 15 is 0 Å². The van der Waals surface area contributed by atoms with Gasteiger partial charge in [-0.1, -0.05) is 35.9 Å². The van der Waals surface area contributed by atoms with Crippen molar-refractivity contribution in [3.8, 4) is 11.5 Å². The number of carbonyl (C=O) groups is 2. The molecule has 0 bridgehead atoms. The number of hydrogen-bond acceptors (Lipinski definition) is 5. The number of aromatic hydroxyl groups is 1. The van der Waals surface area contributed by atoms with Crippen LogP contribution in [0.4, 0.5) is 5.69 Å². The molecule has 2 N–H and O–H groups in total. The minimum atomic E-state index is -0.948. The maximum Gasteiger partial charge on any atom is 0.300 e. The number of amides is 1. The zero-order chi connectivity index (χ0) is 24.6. The molecule has 0 aromatic heterocycles. The fraction of sp³-hybridized carbons (Fsp3) is 0.185. The van der Waals surface area contributed by atoms with Gasteiger partial charge >= 0.3 is 0 Å². The molecule has 0 radical (unpaired) electrons. The van der Waals surface area contributed by atoms with Gasteiger partial charge in [-0.2, -0.15) is 0 Å². The van der Waals surface area contributed by atoms with Crippen LogP contribution in [0.3, 0.4) is 0 Å². The van der Waals surface area contributed by atoms with E-state index in [1.54, 1.807) is 36.4 Å². The molecular weight excluding hydrogens is 454 g/mol. The van der Waals surface area contributed by atoms with Crippen LogP contribution >= 0.6 is 11.6 Å². The molecule has 3 aromatic carbocycles. The molecule has 1 aliphatic rings. The van der Waals surface area contributed by atoms with Crippen LogP contribution in [0.25, 0.3) is 5.76 Å². The molecule has 1 saturated heterocycles. The zero-order valence-corrected chi connectivity index (χ0v) is 19.8. The third-order valence-electron chi connectivity index (χ3n) is 5.92.